The molecule has 122 valence electrons. The molecule has 2 aliphatic heterocycles. The molecule has 2 fully saturated rings. The number of pyridine rings is 1. The molecule has 0 bridgehead atoms. The standard InChI is InChI=1S/C14H19F2N3O2S/c1-22(20,21)19-9-6-14(15,16)13(11-19)5-8-18(10-13)12-4-2-3-7-17-12/h2-4,7H,5-6,8-11H2,1H3/t13-/m0/s1. The molecule has 0 N–H and O–H groups in total. The van der Waals surface area contributed by atoms with Crippen LogP contribution in [-0.4, -0.2) is 56.1 Å². The van der Waals surface area contributed by atoms with Crippen LogP contribution in [0.5, 0.6) is 0 Å². The largest absolute Gasteiger partial charge is 0.356 e. The molecule has 8 heteroatoms. The number of halogens is 2. The van der Waals surface area contributed by atoms with Gasteiger partial charge in [0.1, 0.15) is 5.82 Å². The summed E-state index contributed by atoms with van der Waals surface area (Å²) < 4.78 is 53.8. The van der Waals surface area contributed by atoms with Gasteiger partial charge in [0.2, 0.25) is 10.0 Å². The summed E-state index contributed by atoms with van der Waals surface area (Å²) >= 11 is 0. The predicted octanol–water partition coefficient (Wildman–Crippen LogP) is 1.58. The first kappa shape index (κ1) is 15.6. The summed E-state index contributed by atoms with van der Waals surface area (Å²) in [5.41, 5.74) is -1.33. The number of rotatable bonds is 2. The van der Waals surface area contributed by atoms with Gasteiger partial charge in [-0.15, -0.1) is 0 Å². The molecule has 0 aromatic carbocycles. The Morgan fingerprint density at radius 2 is 1.95 bits per heavy atom. The average molecular weight is 331 g/mol. The maximum atomic E-state index is 14.5. The number of aromatic nitrogens is 1. The van der Waals surface area contributed by atoms with Gasteiger partial charge in [0.05, 0.1) is 11.7 Å². The first-order valence-corrected chi connectivity index (χ1v) is 9.07. The zero-order chi connectivity index (χ0) is 16.0. The van der Waals surface area contributed by atoms with E-state index in [2.05, 4.69) is 4.98 Å². The molecule has 1 atom stereocenters. The SMILES string of the molecule is CS(=O)(=O)N1CCC(F)(F)[C@]2(CCN(c3ccccn3)C2)C1. The van der Waals surface area contributed by atoms with Crippen LogP contribution < -0.4 is 4.90 Å². The fourth-order valence-corrected chi connectivity index (χ4v) is 4.29. The molecule has 22 heavy (non-hydrogen) atoms. The van der Waals surface area contributed by atoms with E-state index in [0.717, 1.165) is 6.26 Å². The van der Waals surface area contributed by atoms with Crippen molar-refractivity contribution >= 4 is 15.8 Å². The summed E-state index contributed by atoms with van der Waals surface area (Å²) in [5, 5.41) is 0. The minimum Gasteiger partial charge on any atom is -0.356 e. The van der Waals surface area contributed by atoms with Crippen LogP contribution in [0.2, 0.25) is 0 Å². The van der Waals surface area contributed by atoms with Gasteiger partial charge >= 0.3 is 0 Å². The van der Waals surface area contributed by atoms with Gasteiger partial charge in [0.25, 0.3) is 5.92 Å². The van der Waals surface area contributed by atoms with E-state index in [-0.39, 0.29) is 26.1 Å². The van der Waals surface area contributed by atoms with Gasteiger partial charge in [-0.3, -0.25) is 0 Å². The second-order valence-electron chi connectivity index (χ2n) is 6.19. The van der Waals surface area contributed by atoms with Gasteiger partial charge in [-0.1, -0.05) is 6.07 Å². The lowest BCUT2D eigenvalue weighted by molar-refractivity contribution is -0.145. The van der Waals surface area contributed by atoms with E-state index >= 15 is 0 Å². The highest BCUT2D eigenvalue weighted by molar-refractivity contribution is 7.88. The van der Waals surface area contributed by atoms with Crippen molar-refractivity contribution in [3.8, 4) is 0 Å². The molecule has 5 nitrogen and oxygen atoms in total. The molecule has 3 rings (SSSR count). The number of alkyl halides is 2. The van der Waals surface area contributed by atoms with Crippen molar-refractivity contribution in [2.45, 2.75) is 18.8 Å². The molecule has 0 unspecified atom stereocenters. The summed E-state index contributed by atoms with van der Waals surface area (Å²) in [4.78, 5) is 6.02. The Kier molecular flexibility index (Phi) is 3.64. The zero-order valence-electron chi connectivity index (χ0n) is 12.4. The van der Waals surface area contributed by atoms with Crippen LogP contribution in [0.25, 0.3) is 0 Å². The average Bonchev–Trinajstić information content (AvgIpc) is 2.88. The van der Waals surface area contributed by atoms with Gasteiger partial charge in [0, 0.05) is 38.8 Å². The predicted molar refractivity (Wildman–Crippen MR) is 79.5 cm³/mol. The normalized spacial score (nSPS) is 29.1. The lowest BCUT2D eigenvalue weighted by Gasteiger charge is -2.44. The second-order valence-corrected chi connectivity index (χ2v) is 8.17. The van der Waals surface area contributed by atoms with E-state index in [1.807, 2.05) is 11.0 Å². The third kappa shape index (κ3) is 2.58. The Morgan fingerprint density at radius 3 is 2.59 bits per heavy atom. The van der Waals surface area contributed by atoms with Crippen LogP contribution in [0.15, 0.2) is 24.4 Å². The van der Waals surface area contributed by atoms with E-state index < -0.39 is 27.8 Å². The van der Waals surface area contributed by atoms with E-state index in [9.17, 15) is 17.2 Å². The second kappa shape index (κ2) is 5.13. The summed E-state index contributed by atoms with van der Waals surface area (Å²) in [6.07, 6.45) is 2.55. The number of piperidine rings is 1. The fraction of sp³-hybridized carbons (Fsp3) is 0.643. The minimum atomic E-state index is -3.46. The Hall–Kier alpha value is -1.28. The van der Waals surface area contributed by atoms with Gasteiger partial charge in [-0.25, -0.2) is 26.5 Å². The molecule has 1 aromatic rings. The Bertz CT molecular complexity index is 653. The van der Waals surface area contributed by atoms with Crippen molar-refractivity contribution in [3.63, 3.8) is 0 Å². The summed E-state index contributed by atoms with van der Waals surface area (Å²) in [6.45, 7) is 0.354. The van der Waals surface area contributed by atoms with Crippen LogP contribution in [0, 0.1) is 5.41 Å². The third-order valence-corrected chi connectivity index (χ3v) is 5.98. The van der Waals surface area contributed by atoms with E-state index in [4.69, 9.17) is 0 Å². The van der Waals surface area contributed by atoms with Gasteiger partial charge in [0.15, 0.2) is 0 Å². The molecule has 2 aliphatic rings. The topological polar surface area (TPSA) is 53.5 Å². The van der Waals surface area contributed by atoms with Crippen LogP contribution in [-0.2, 0) is 10.0 Å². The van der Waals surface area contributed by atoms with Crippen molar-refractivity contribution in [2.24, 2.45) is 5.41 Å². The van der Waals surface area contributed by atoms with Crippen molar-refractivity contribution in [3.05, 3.63) is 24.4 Å². The highest BCUT2D eigenvalue weighted by Gasteiger charge is 2.60. The molecular formula is C14H19F2N3O2S. The number of hydrogen-bond donors (Lipinski definition) is 0. The quantitative estimate of drug-likeness (QED) is 0.826. The molecule has 0 amide bonds. The van der Waals surface area contributed by atoms with E-state index in [1.54, 1.807) is 18.3 Å². The maximum Gasteiger partial charge on any atom is 0.257 e. The Morgan fingerprint density at radius 1 is 1.18 bits per heavy atom. The van der Waals surface area contributed by atoms with E-state index in [1.165, 1.54) is 4.31 Å². The molecule has 2 saturated heterocycles. The monoisotopic (exact) mass is 331 g/mol. The van der Waals surface area contributed by atoms with Crippen molar-refractivity contribution in [2.75, 3.05) is 37.3 Å². The molecule has 0 aliphatic carbocycles. The Labute approximate surface area is 129 Å². The first-order valence-electron chi connectivity index (χ1n) is 7.23. The molecule has 1 spiro atoms. The minimum absolute atomic E-state index is 0.114. The van der Waals surface area contributed by atoms with E-state index in [0.29, 0.717) is 12.4 Å². The number of sulfonamides is 1. The summed E-state index contributed by atoms with van der Waals surface area (Å²) in [6, 6.07) is 5.37. The fourth-order valence-electron chi connectivity index (χ4n) is 3.38. The van der Waals surface area contributed by atoms with Crippen LogP contribution in [0.4, 0.5) is 14.6 Å². The smallest absolute Gasteiger partial charge is 0.257 e. The van der Waals surface area contributed by atoms with Crippen LogP contribution in [0.3, 0.4) is 0 Å². The van der Waals surface area contributed by atoms with Crippen molar-refractivity contribution in [1.29, 1.82) is 0 Å². The van der Waals surface area contributed by atoms with Crippen LogP contribution >= 0.6 is 0 Å². The third-order valence-electron chi connectivity index (χ3n) is 4.73. The number of anilines is 1. The highest BCUT2D eigenvalue weighted by atomic mass is 32.2. The van der Waals surface area contributed by atoms with Crippen molar-refractivity contribution in [1.82, 2.24) is 9.29 Å². The molecular weight excluding hydrogens is 312 g/mol. The lowest BCUT2D eigenvalue weighted by atomic mass is 9.76. The number of nitrogens with zero attached hydrogens (tertiary/aromatic N) is 3. The maximum absolute atomic E-state index is 14.5. The number of hydrogen-bond acceptors (Lipinski definition) is 4. The van der Waals surface area contributed by atoms with Gasteiger partial charge in [-0.2, -0.15) is 0 Å². The van der Waals surface area contributed by atoms with Crippen molar-refractivity contribution < 1.29 is 17.2 Å². The molecule has 0 radical (unpaired) electrons. The highest BCUT2D eigenvalue weighted by Crippen LogP contribution is 2.50. The van der Waals surface area contributed by atoms with Crippen LogP contribution in [0.1, 0.15) is 12.8 Å². The molecule has 1 aromatic heterocycles. The molecule has 3 heterocycles. The van der Waals surface area contributed by atoms with Gasteiger partial charge in [-0.05, 0) is 18.6 Å². The van der Waals surface area contributed by atoms with Gasteiger partial charge < -0.3 is 4.90 Å². The summed E-state index contributed by atoms with van der Waals surface area (Å²) in [7, 11) is -3.46. The lowest BCUT2D eigenvalue weighted by Crippen LogP contribution is -2.58. The first-order chi connectivity index (χ1) is 10.2. The summed E-state index contributed by atoms with van der Waals surface area (Å²) in [5.74, 6) is -2.20. The zero-order valence-corrected chi connectivity index (χ0v) is 13.2. The Balaban J connectivity index is 1.87. The molecule has 0 saturated carbocycles.